The molecule has 0 unspecified atom stereocenters. The van der Waals surface area contributed by atoms with Crippen LogP contribution in [0.1, 0.15) is 36.7 Å². The van der Waals surface area contributed by atoms with E-state index in [4.69, 9.17) is 15.9 Å². The number of esters is 1. The molecule has 0 spiro atoms. The van der Waals surface area contributed by atoms with Crippen molar-refractivity contribution in [3.8, 4) is 0 Å². The molecule has 0 heterocycles. The van der Waals surface area contributed by atoms with E-state index in [9.17, 15) is 4.79 Å². The number of nitrogens with one attached hydrogen (secondary N) is 2. The van der Waals surface area contributed by atoms with Gasteiger partial charge in [0.15, 0.2) is 5.96 Å². The molecule has 0 aliphatic rings. The topological polar surface area (TPSA) is 88.2 Å². The van der Waals surface area contributed by atoms with E-state index < -0.39 is 5.60 Å². The van der Waals surface area contributed by atoms with E-state index in [0.29, 0.717) is 12.1 Å². The van der Waals surface area contributed by atoms with Crippen LogP contribution in [0.3, 0.4) is 0 Å². The summed E-state index contributed by atoms with van der Waals surface area (Å²) in [6, 6.07) is 7.00. The van der Waals surface area contributed by atoms with Gasteiger partial charge in [-0.05, 0) is 38.5 Å². The van der Waals surface area contributed by atoms with Crippen LogP contribution in [0.4, 0.5) is 0 Å². The SMILES string of the molecule is CC(C)(C)OC(=O)c1ccc(CNC(=N)N)cc1. The lowest BCUT2D eigenvalue weighted by Gasteiger charge is -2.19. The second-order valence-electron chi connectivity index (χ2n) is 4.97. The van der Waals surface area contributed by atoms with Gasteiger partial charge in [-0.1, -0.05) is 12.1 Å². The Balaban J connectivity index is 2.65. The van der Waals surface area contributed by atoms with Gasteiger partial charge in [-0.25, -0.2) is 4.79 Å². The van der Waals surface area contributed by atoms with E-state index in [2.05, 4.69) is 5.32 Å². The number of carbonyl (C=O) groups excluding carboxylic acids is 1. The van der Waals surface area contributed by atoms with Gasteiger partial charge >= 0.3 is 5.97 Å². The molecule has 5 heteroatoms. The fraction of sp³-hybridized carbons (Fsp3) is 0.385. The van der Waals surface area contributed by atoms with Crippen LogP contribution in [-0.2, 0) is 11.3 Å². The number of rotatable bonds is 3. The summed E-state index contributed by atoms with van der Waals surface area (Å²) in [5, 5.41) is 9.74. The summed E-state index contributed by atoms with van der Waals surface area (Å²) in [7, 11) is 0. The van der Waals surface area contributed by atoms with Gasteiger partial charge in [0.2, 0.25) is 0 Å². The molecule has 0 aromatic heterocycles. The minimum atomic E-state index is -0.494. The smallest absolute Gasteiger partial charge is 0.338 e. The molecule has 5 nitrogen and oxygen atoms in total. The van der Waals surface area contributed by atoms with Crippen molar-refractivity contribution < 1.29 is 9.53 Å². The number of guanidine groups is 1. The van der Waals surface area contributed by atoms with Crippen LogP contribution < -0.4 is 11.1 Å². The first-order valence-electron chi connectivity index (χ1n) is 5.68. The number of benzene rings is 1. The van der Waals surface area contributed by atoms with Crippen LogP contribution in [0.15, 0.2) is 24.3 Å². The van der Waals surface area contributed by atoms with Crippen molar-refractivity contribution in [2.75, 3.05) is 0 Å². The van der Waals surface area contributed by atoms with Crippen molar-refractivity contribution >= 4 is 11.9 Å². The van der Waals surface area contributed by atoms with Gasteiger partial charge in [-0.2, -0.15) is 0 Å². The summed E-state index contributed by atoms with van der Waals surface area (Å²) in [5.41, 5.74) is 6.14. The quantitative estimate of drug-likeness (QED) is 0.431. The van der Waals surface area contributed by atoms with Gasteiger partial charge in [0.25, 0.3) is 0 Å². The summed E-state index contributed by atoms with van der Waals surface area (Å²) in [4.78, 5) is 11.7. The molecule has 1 aromatic carbocycles. The predicted molar refractivity (Wildman–Crippen MR) is 70.4 cm³/mol. The highest BCUT2D eigenvalue weighted by atomic mass is 16.6. The monoisotopic (exact) mass is 249 g/mol. The molecule has 18 heavy (non-hydrogen) atoms. The molecule has 0 radical (unpaired) electrons. The predicted octanol–water partition coefficient (Wildman–Crippen LogP) is 1.62. The zero-order valence-corrected chi connectivity index (χ0v) is 10.9. The van der Waals surface area contributed by atoms with Gasteiger partial charge in [0, 0.05) is 6.54 Å². The zero-order chi connectivity index (χ0) is 13.8. The van der Waals surface area contributed by atoms with Crippen molar-refractivity contribution in [1.82, 2.24) is 5.32 Å². The molecule has 1 aromatic rings. The highest BCUT2D eigenvalue weighted by molar-refractivity contribution is 5.89. The summed E-state index contributed by atoms with van der Waals surface area (Å²) in [5.74, 6) is -0.417. The molecule has 0 fully saturated rings. The molecule has 0 atom stereocenters. The summed E-state index contributed by atoms with van der Waals surface area (Å²) < 4.78 is 5.25. The van der Waals surface area contributed by atoms with Gasteiger partial charge < -0.3 is 15.8 Å². The van der Waals surface area contributed by atoms with E-state index in [1.54, 1.807) is 24.3 Å². The Morgan fingerprint density at radius 2 is 1.89 bits per heavy atom. The maximum atomic E-state index is 11.7. The number of hydrogen-bond donors (Lipinski definition) is 3. The first-order valence-corrected chi connectivity index (χ1v) is 5.68. The van der Waals surface area contributed by atoms with Crippen molar-refractivity contribution in [1.29, 1.82) is 5.41 Å². The number of ether oxygens (including phenoxy) is 1. The lowest BCUT2D eigenvalue weighted by Crippen LogP contribution is -2.29. The average molecular weight is 249 g/mol. The molecule has 0 bridgehead atoms. The lowest BCUT2D eigenvalue weighted by molar-refractivity contribution is 0.00695. The Labute approximate surface area is 107 Å². The highest BCUT2D eigenvalue weighted by Gasteiger charge is 2.17. The van der Waals surface area contributed by atoms with Gasteiger partial charge in [0.05, 0.1) is 5.56 Å². The van der Waals surface area contributed by atoms with E-state index in [-0.39, 0.29) is 11.9 Å². The first-order chi connectivity index (χ1) is 8.28. The van der Waals surface area contributed by atoms with Crippen molar-refractivity contribution in [2.45, 2.75) is 32.9 Å². The van der Waals surface area contributed by atoms with Crippen LogP contribution in [0.25, 0.3) is 0 Å². The third-order valence-corrected chi connectivity index (χ3v) is 2.07. The highest BCUT2D eigenvalue weighted by Crippen LogP contribution is 2.12. The minimum absolute atomic E-state index is 0.0776. The molecule has 0 saturated heterocycles. The number of carbonyl (C=O) groups is 1. The molecule has 1 rings (SSSR count). The second-order valence-corrected chi connectivity index (χ2v) is 4.97. The average Bonchev–Trinajstić information content (AvgIpc) is 2.24. The molecule has 4 N–H and O–H groups in total. The Morgan fingerprint density at radius 1 is 1.33 bits per heavy atom. The number of hydrogen-bond acceptors (Lipinski definition) is 3. The Hall–Kier alpha value is -2.04. The summed E-state index contributed by atoms with van der Waals surface area (Å²) >= 11 is 0. The normalized spacial score (nSPS) is 10.8. The Bertz CT molecular complexity index is 433. The van der Waals surface area contributed by atoms with Crippen molar-refractivity contribution in [3.05, 3.63) is 35.4 Å². The molecular formula is C13H19N3O2. The van der Waals surface area contributed by atoms with Gasteiger partial charge in [-0.3, -0.25) is 5.41 Å². The second kappa shape index (κ2) is 5.53. The van der Waals surface area contributed by atoms with Crippen LogP contribution in [0.2, 0.25) is 0 Å². The van der Waals surface area contributed by atoms with Gasteiger partial charge in [0.1, 0.15) is 5.60 Å². The molecule has 98 valence electrons. The van der Waals surface area contributed by atoms with Crippen LogP contribution >= 0.6 is 0 Å². The Morgan fingerprint density at radius 3 is 2.33 bits per heavy atom. The summed E-state index contributed by atoms with van der Waals surface area (Å²) in [6.07, 6.45) is 0. The maximum Gasteiger partial charge on any atom is 0.338 e. The maximum absolute atomic E-state index is 11.7. The standard InChI is InChI=1S/C13H19N3O2/c1-13(2,3)18-11(17)10-6-4-9(5-7-10)8-16-12(14)15/h4-7H,8H2,1-3H3,(H4,14,15,16). The lowest BCUT2D eigenvalue weighted by atomic mass is 10.1. The first kappa shape index (κ1) is 14.0. The van der Waals surface area contributed by atoms with Crippen molar-refractivity contribution in [3.63, 3.8) is 0 Å². The minimum Gasteiger partial charge on any atom is -0.456 e. The Kier molecular flexibility index (Phi) is 4.31. The third-order valence-electron chi connectivity index (χ3n) is 2.07. The fourth-order valence-electron chi connectivity index (χ4n) is 1.29. The number of nitrogens with two attached hydrogens (primary N) is 1. The van der Waals surface area contributed by atoms with E-state index in [0.717, 1.165) is 5.56 Å². The fourth-order valence-corrected chi connectivity index (χ4v) is 1.29. The third kappa shape index (κ3) is 4.86. The van der Waals surface area contributed by atoms with E-state index in [1.165, 1.54) is 0 Å². The molecule has 0 aliphatic carbocycles. The molecule has 0 saturated carbocycles. The van der Waals surface area contributed by atoms with Crippen LogP contribution in [-0.4, -0.2) is 17.5 Å². The van der Waals surface area contributed by atoms with Crippen LogP contribution in [0.5, 0.6) is 0 Å². The van der Waals surface area contributed by atoms with E-state index >= 15 is 0 Å². The summed E-state index contributed by atoms with van der Waals surface area (Å²) in [6.45, 7) is 5.95. The largest absolute Gasteiger partial charge is 0.456 e. The van der Waals surface area contributed by atoms with Gasteiger partial charge in [-0.15, -0.1) is 0 Å². The van der Waals surface area contributed by atoms with Crippen molar-refractivity contribution in [2.24, 2.45) is 5.73 Å². The molecular weight excluding hydrogens is 230 g/mol. The van der Waals surface area contributed by atoms with Crippen LogP contribution in [0, 0.1) is 5.41 Å². The zero-order valence-electron chi connectivity index (χ0n) is 10.9. The molecule has 0 amide bonds. The van der Waals surface area contributed by atoms with E-state index in [1.807, 2.05) is 20.8 Å². The molecule has 0 aliphatic heterocycles.